The first-order valence-corrected chi connectivity index (χ1v) is 6.87. The van der Waals surface area contributed by atoms with Gasteiger partial charge in [0.2, 0.25) is 0 Å². The molecule has 0 saturated heterocycles. The van der Waals surface area contributed by atoms with Gasteiger partial charge in [-0.3, -0.25) is 4.68 Å². The number of anilines is 1. The maximum Gasteiger partial charge on any atom is 0.162 e. The zero-order chi connectivity index (χ0) is 15.0. The average molecular weight is 320 g/mol. The van der Waals surface area contributed by atoms with Crippen molar-refractivity contribution in [1.29, 1.82) is 0 Å². The number of aryl methyl sites for hydroxylation is 1. The molecule has 0 aliphatic carbocycles. The summed E-state index contributed by atoms with van der Waals surface area (Å²) in [5.41, 5.74) is 8.14. The van der Waals surface area contributed by atoms with Crippen LogP contribution in [0.4, 0.5) is 5.82 Å². The van der Waals surface area contributed by atoms with Gasteiger partial charge in [-0.1, -0.05) is 23.2 Å². The molecule has 2 N–H and O–H groups in total. The fourth-order valence-electron chi connectivity index (χ4n) is 1.98. The maximum absolute atomic E-state index is 6.02. The predicted octanol–water partition coefficient (Wildman–Crippen LogP) is 3.43. The highest BCUT2D eigenvalue weighted by molar-refractivity contribution is 6.35. The molecule has 3 rings (SSSR count). The highest BCUT2D eigenvalue weighted by Gasteiger charge is 2.10. The first-order valence-electron chi connectivity index (χ1n) is 6.11. The number of benzene rings is 1. The molecule has 0 saturated carbocycles. The molecule has 21 heavy (non-hydrogen) atoms. The lowest BCUT2D eigenvalue weighted by atomic mass is 10.2. The Bertz CT molecular complexity index is 793. The van der Waals surface area contributed by atoms with E-state index in [9.17, 15) is 0 Å². The topological polar surface area (TPSA) is 69.6 Å². The molecule has 0 fully saturated rings. The molecule has 0 amide bonds. The zero-order valence-corrected chi connectivity index (χ0v) is 12.6. The van der Waals surface area contributed by atoms with E-state index in [0.717, 1.165) is 5.56 Å². The van der Waals surface area contributed by atoms with Crippen LogP contribution < -0.4 is 5.73 Å². The summed E-state index contributed by atoms with van der Waals surface area (Å²) in [6.07, 6.45) is 3.58. The van der Waals surface area contributed by atoms with Crippen molar-refractivity contribution in [1.82, 2.24) is 19.7 Å². The van der Waals surface area contributed by atoms with Crippen LogP contribution >= 0.6 is 23.2 Å². The number of rotatable bonds is 2. The van der Waals surface area contributed by atoms with Gasteiger partial charge in [0.15, 0.2) is 5.82 Å². The standard InChI is InChI=1S/C14H11Cl2N5/c1-21-7-9(6-18-21)12-5-13(17)20-14(19-12)8-2-10(15)4-11(16)3-8/h2-7H,1H3,(H2,17,19,20). The van der Waals surface area contributed by atoms with Gasteiger partial charge in [0.25, 0.3) is 0 Å². The number of nitrogen functional groups attached to an aromatic ring is 1. The van der Waals surface area contributed by atoms with Gasteiger partial charge < -0.3 is 5.73 Å². The van der Waals surface area contributed by atoms with Crippen molar-refractivity contribution in [3.05, 3.63) is 46.7 Å². The first-order chi connectivity index (χ1) is 10.0. The number of halogens is 2. The van der Waals surface area contributed by atoms with Crippen LogP contribution in [0, 0.1) is 0 Å². The van der Waals surface area contributed by atoms with Gasteiger partial charge in [-0.2, -0.15) is 5.10 Å². The maximum atomic E-state index is 6.02. The van der Waals surface area contributed by atoms with E-state index in [0.29, 0.717) is 32.9 Å². The smallest absolute Gasteiger partial charge is 0.162 e. The second kappa shape index (κ2) is 5.35. The molecule has 2 aromatic heterocycles. The summed E-state index contributed by atoms with van der Waals surface area (Å²) in [6.45, 7) is 0. The van der Waals surface area contributed by atoms with Crippen molar-refractivity contribution in [2.24, 2.45) is 7.05 Å². The van der Waals surface area contributed by atoms with Crippen molar-refractivity contribution >= 4 is 29.0 Å². The van der Waals surface area contributed by atoms with Gasteiger partial charge in [-0.15, -0.1) is 0 Å². The van der Waals surface area contributed by atoms with E-state index in [1.807, 2.05) is 13.2 Å². The van der Waals surface area contributed by atoms with Crippen LogP contribution in [0.15, 0.2) is 36.7 Å². The second-order valence-electron chi connectivity index (χ2n) is 4.56. The summed E-state index contributed by atoms with van der Waals surface area (Å²) >= 11 is 12.0. The Morgan fingerprint density at radius 1 is 1.00 bits per heavy atom. The Kier molecular flexibility index (Phi) is 3.53. The number of nitrogens with zero attached hydrogens (tertiary/aromatic N) is 4. The highest BCUT2D eigenvalue weighted by atomic mass is 35.5. The molecule has 106 valence electrons. The number of hydrogen-bond donors (Lipinski definition) is 1. The minimum atomic E-state index is 0.370. The van der Waals surface area contributed by atoms with Crippen LogP contribution in [-0.2, 0) is 7.05 Å². The Morgan fingerprint density at radius 3 is 2.33 bits per heavy atom. The van der Waals surface area contributed by atoms with Crippen LogP contribution in [-0.4, -0.2) is 19.7 Å². The van der Waals surface area contributed by atoms with Crippen LogP contribution in [0.1, 0.15) is 0 Å². The molecular weight excluding hydrogens is 309 g/mol. The summed E-state index contributed by atoms with van der Waals surface area (Å²) in [5, 5.41) is 5.17. The molecule has 0 unspecified atom stereocenters. The Labute approximate surface area is 131 Å². The van der Waals surface area contributed by atoms with Crippen molar-refractivity contribution in [3.63, 3.8) is 0 Å². The van der Waals surface area contributed by atoms with Crippen molar-refractivity contribution in [3.8, 4) is 22.6 Å². The molecule has 1 aromatic carbocycles. The van der Waals surface area contributed by atoms with E-state index in [1.165, 1.54) is 0 Å². The molecule has 5 nitrogen and oxygen atoms in total. The summed E-state index contributed by atoms with van der Waals surface area (Å²) in [7, 11) is 1.84. The summed E-state index contributed by atoms with van der Waals surface area (Å²) in [4.78, 5) is 8.75. The molecule has 0 atom stereocenters. The Balaban J connectivity index is 2.13. The minimum absolute atomic E-state index is 0.370. The summed E-state index contributed by atoms with van der Waals surface area (Å²) in [5.74, 6) is 0.841. The normalized spacial score (nSPS) is 10.8. The van der Waals surface area contributed by atoms with Gasteiger partial charge >= 0.3 is 0 Å². The molecule has 0 aliphatic heterocycles. The van der Waals surface area contributed by atoms with Gasteiger partial charge in [-0.25, -0.2) is 9.97 Å². The Morgan fingerprint density at radius 2 is 1.71 bits per heavy atom. The third-order valence-electron chi connectivity index (χ3n) is 2.87. The molecular formula is C14H11Cl2N5. The third-order valence-corrected chi connectivity index (χ3v) is 3.30. The van der Waals surface area contributed by atoms with Crippen molar-refractivity contribution in [2.75, 3.05) is 5.73 Å². The van der Waals surface area contributed by atoms with Crippen molar-refractivity contribution < 1.29 is 0 Å². The molecule has 0 aliphatic rings. The molecule has 0 bridgehead atoms. The minimum Gasteiger partial charge on any atom is -0.384 e. The van der Waals surface area contributed by atoms with E-state index >= 15 is 0 Å². The Hall–Kier alpha value is -2.11. The number of aromatic nitrogens is 4. The monoisotopic (exact) mass is 319 g/mol. The van der Waals surface area contributed by atoms with E-state index in [1.54, 1.807) is 35.1 Å². The third kappa shape index (κ3) is 2.99. The van der Waals surface area contributed by atoms with Gasteiger partial charge in [-0.05, 0) is 18.2 Å². The number of hydrogen-bond acceptors (Lipinski definition) is 4. The lowest BCUT2D eigenvalue weighted by molar-refractivity contribution is 0.768. The molecule has 3 aromatic rings. The van der Waals surface area contributed by atoms with E-state index in [4.69, 9.17) is 28.9 Å². The van der Waals surface area contributed by atoms with E-state index < -0.39 is 0 Å². The molecule has 2 heterocycles. The quantitative estimate of drug-likeness (QED) is 0.785. The molecule has 0 radical (unpaired) electrons. The van der Waals surface area contributed by atoms with Crippen molar-refractivity contribution in [2.45, 2.75) is 0 Å². The highest BCUT2D eigenvalue weighted by Crippen LogP contribution is 2.27. The lowest BCUT2D eigenvalue weighted by Gasteiger charge is -2.06. The fraction of sp³-hybridized carbons (Fsp3) is 0.0714. The first kappa shape index (κ1) is 13.9. The van der Waals surface area contributed by atoms with Crippen LogP contribution in [0.25, 0.3) is 22.6 Å². The van der Waals surface area contributed by atoms with E-state index in [2.05, 4.69) is 15.1 Å². The second-order valence-corrected chi connectivity index (χ2v) is 5.44. The van der Waals surface area contributed by atoms with Gasteiger partial charge in [0.1, 0.15) is 5.82 Å². The SMILES string of the molecule is Cn1cc(-c2cc(N)nc(-c3cc(Cl)cc(Cl)c3)n2)cn1. The lowest BCUT2D eigenvalue weighted by Crippen LogP contribution is -1.97. The van der Waals surface area contributed by atoms with Crippen LogP contribution in [0.2, 0.25) is 10.0 Å². The fourth-order valence-corrected chi connectivity index (χ4v) is 2.51. The van der Waals surface area contributed by atoms with Gasteiger partial charge in [0, 0.05) is 40.5 Å². The van der Waals surface area contributed by atoms with Crippen LogP contribution in [0.5, 0.6) is 0 Å². The molecule has 7 heteroatoms. The number of nitrogens with two attached hydrogens (primary N) is 1. The van der Waals surface area contributed by atoms with Gasteiger partial charge in [0.05, 0.1) is 11.9 Å². The molecule has 0 spiro atoms. The zero-order valence-electron chi connectivity index (χ0n) is 11.1. The van der Waals surface area contributed by atoms with Crippen LogP contribution in [0.3, 0.4) is 0 Å². The summed E-state index contributed by atoms with van der Waals surface area (Å²) < 4.78 is 1.70. The van der Waals surface area contributed by atoms with E-state index in [-0.39, 0.29) is 0 Å². The largest absolute Gasteiger partial charge is 0.384 e. The average Bonchev–Trinajstić information content (AvgIpc) is 2.83. The predicted molar refractivity (Wildman–Crippen MR) is 84.1 cm³/mol. The summed E-state index contributed by atoms with van der Waals surface area (Å²) in [6, 6.07) is 6.85.